The van der Waals surface area contributed by atoms with Crippen LogP contribution in [-0.4, -0.2) is 29.6 Å². The molecule has 0 aliphatic rings. The molecule has 0 spiro atoms. The normalized spacial score (nSPS) is 12.9. The number of carboxylic acid groups (broad SMARTS) is 1. The Morgan fingerprint density at radius 1 is 1.12 bits per heavy atom. The second-order valence-electron chi connectivity index (χ2n) is 6.05. The second kappa shape index (κ2) is 8.87. The van der Waals surface area contributed by atoms with Crippen molar-refractivity contribution in [2.75, 3.05) is 6.54 Å². The van der Waals surface area contributed by atoms with Crippen LogP contribution in [0.1, 0.15) is 18.1 Å². The van der Waals surface area contributed by atoms with Gasteiger partial charge in [0.1, 0.15) is 5.75 Å². The number of ether oxygens (including phenoxy) is 1. The van der Waals surface area contributed by atoms with E-state index in [-0.39, 0.29) is 12.5 Å². The number of hydrogen-bond acceptors (Lipinski definition) is 3. The molecule has 0 aliphatic heterocycles. The van der Waals surface area contributed by atoms with Gasteiger partial charge in [0, 0.05) is 6.54 Å². The number of aryl methyl sites for hydroxylation is 1. The predicted octanol–water partition coefficient (Wildman–Crippen LogP) is 2.82. The molecule has 0 saturated heterocycles. The number of rotatable bonds is 8. The summed E-state index contributed by atoms with van der Waals surface area (Å²) in [5.41, 5.74) is 2.02. The molecular formula is C20H23NO4. The summed E-state index contributed by atoms with van der Waals surface area (Å²) in [5.74, 6) is -1.35. The maximum atomic E-state index is 12.2. The molecule has 5 heteroatoms. The fourth-order valence-corrected chi connectivity index (χ4v) is 2.49. The van der Waals surface area contributed by atoms with Crippen LogP contribution in [0.4, 0.5) is 0 Å². The zero-order valence-corrected chi connectivity index (χ0v) is 14.4. The fraction of sp³-hybridized carbons (Fsp3) is 0.300. The maximum Gasteiger partial charge on any atom is 0.308 e. The van der Waals surface area contributed by atoms with Crippen molar-refractivity contribution in [1.29, 1.82) is 0 Å². The Kier molecular flexibility index (Phi) is 6.57. The van der Waals surface area contributed by atoms with Crippen molar-refractivity contribution in [2.45, 2.75) is 26.4 Å². The zero-order chi connectivity index (χ0) is 18.2. The van der Waals surface area contributed by atoms with Crippen LogP contribution in [0, 0.1) is 12.8 Å². The second-order valence-corrected chi connectivity index (χ2v) is 6.05. The number of amides is 1. The highest BCUT2D eigenvalue weighted by molar-refractivity contribution is 5.81. The Morgan fingerprint density at radius 2 is 1.84 bits per heavy atom. The molecule has 0 saturated carbocycles. The van der Waals surface area contributed by atoms with Crippen LogP contribution in [0.2, 0.25) is 0 Å². The maximum absolute atomic E-state index is 12.2. The van der Waals surface area contributed by atoms with Crippen LogP contribution >= 0.6 is 0 Å². The quantitative estimate of drug-likeness (QED) is 0.774. The molecule has 5 nitrogen and oxygen atoms in total. The highest BCUT2D eigenvalue weighted by atomic mass is 16.5. The van der Waals surface area contributed by atoms with Crippen LogP contribution in [-0.2, 0) is 16.0 Å². The van der Waals surface area contributed by atoms with Crippen LogP contribution in [0.25, 0.3) is 0 Å². The molecule has 132 valence electrons. The van der Waals surface area contributed by atoms with E-state index in [9.17, 15) is 14.7 Å². The van der Waals surface area contributed by atoms with Gasteiger partial charge in [0.05, 0.1) is 5.92 Å². The van der Waals surface area contributed by atoms with Crippen LogP contribution in [0.3, 0.4) is 0 Å². The first-order chi connectivity index (χ1) is 12.0. The van der Waals surface area contributed by atoms with Gasteiger partial charge in [-0.2, -0.15) is 0 Å². The average molecular weight is 341 g/mol. The molecule has 0 aromatic heterocycles. The molecule has 25 heavy (non-hydrogen) atoms. The Hall–Kier alpha value is -2.82. The molecule has 2 aromatic rings. The molecule has 0 bridgehead atoms. The molecule has 2 rings (SSSR count). The summed E-state index contributed by atoms with van der Waals surface area (Å²) in [5, 5.41) is 12.1. The molecule has 2 N–H and O–H groups in total. The summed E-state index contributed by atoms with van der Waals surface area (Å²) < 4.78 is 5.54. The van der Waals surface area contributed by atoms with Crippen molar-refractivity contribution in [2.24, 2.45) is 5.92 Å². The largest absolute Gasteiger partial charge is 0.481 e. The van der Waals surface area contributed by atoms with E-state index in [0.717, 1.165) is 11.1 Å². The average Bonchev–Trinajstić information content (AvgIpc) is 2.59. The highest BCUT2D eigenvalue weighted by Crippen LogP contribution is 2.12. The SMILES string of the molecule is Cc1cccc(CC(CNC(=O)C(C)Oc2ccccc2)C(=O)O)c1. The van der Waals surface area contributed by atoms with E-state index < -0.39 is 18.0 Å². The van der Waals surface area contributed by atoms with E-state index in [1.54, 1.807) is 19.1 Å². The van der Waals surface area contributed by atoms with Gasteiger partial charge in [-0.15, -0.1) is 0 Å². The Morgan fingerprint density at radius 3 is 2.48 bits per heavy atom. The summed E-state index contributed by atoms with van der Waals surface area (Å²) in [4.78, 5) is 23.6. The third-order valence-corrected chi connectivity index (χ3v) is 3.86. The smallest absolute Gasteiger partial charge is 0.308 e. The summed E-state index contributed by atoms with van der Waals surface area (Å²) in [6.07, 6.45) is -0.332. The van der Waals surface area contributed by atoms with Crippen LogP contribution < -0.4 is 10.1 Å². The molecular weight excluding hydrogens is 318 g/mol. The summed E-state index contributed by atoms with van der Waals surface area (Å²) in [6, 6.07) is 16.8. The summed E-state index contributed by atoms with van der Waals surface area (Å²) >= 11 is 0. The first-order valence-electron chi connectivity index (χ1n) is 8.23. The lowest BCUT2D eigenvalue weighted by Gasteiger charge is -2.17. The molecule has 0 radical (unpaired) electrons. The van der Waals surface area contributed by atoms with Crippen molar-refractivity contribution in [3.63, 3.8) is 0 Å². The van der Waals surface area contributed by atoms with Gasteiger partial charge in [-0.3, -0.25) is 9.59 Å². The monoisotopic (exact) mass is 341 g/mol. The number of carbonyl (C=O) groups excluding carboxylic acids is 1. The van der Waals surface area contributed by atoms with Gasteiger partial charge >= 0.3 is 5.97 Å². The number of para-hydroxylation sites is 1. The van der Waals surface area contributed by atoms with Gasteiger partial charge in [-0.25, -0.2) is 0 Å². The lowest BCUT2D eigenvalue weighted by atomic mass is 9.98. The van der Waals surface area contributed by atoms with Crippen LogP contribution in [0.5, 0.6) is 5.75 Å². The predicted molar refractivity (Wildman–Crippen MR) is 95.6 cm³/mol. The molecule has 2 atom stereocenters. The summed E-state index contributed by atoms with van der Waals surface area (Å²) in [7, 11) is 0. The minimum absolute atomic E-state index is 0.0601. The van der Waals surface area contributed by atoms with E-state index in [0.29, 0.717) is 12.2 Å². The molecule has 0 heterocycles. The highest BCUT2D eigenvalue weighted by Gasteiger charge is 2.21. The minimum Gasteiger partial charge on any atom is -0.481 e. The number of hydrogen-bond donors (Lipinski definition) is 2. The number of aliphatic carboxylic acids is 1. The van der Waals surface area contributed by atoms with E-state index in [4.69, 9.17) is 4.74 Å². The van der Waals surface area contributed by atoms with Gasteiger partial charge in [0.15, 0.2) is 6.10 Å². The molecule has 0 fully saturated rings. The zero-order valence-electron chi connectivity index (χ0n) is 14.4. The third kappa shape index (κ3) is 5.95. The van der Waals surface area contributed by atoms with E-state index in [1.165, 1.54) is 0 Å². The minimum atomic E-state index is -0.932. The number of nitrogens with one attached hydrogen (secondary N) is 1. The number of carboxylic acids is 1. The lowest BCUT2D eigenvalue weighted by Crippen LogP contribution is -2.40. The van der Waals surface area contributed by atoms with Gasteiger partial charge < -0.3 is 15.2 Å². The van der Waals surface area contributed by atoms with E-state index in [2.05, 4.69) is 5.32 Å². The van der Waals surface area contributed by atoms with Gasteiger partial charge in [0.2, 0.25) is 0 Å². The Balaban J connectivity index is 1.89. The van der Waals surface area contributed by atoms with Crippen molar-refractivity contribution < 1.29 is 19.4 Å². The standard InChI is InChI=1S/C20H23NO4/c1-14-7-6-8-16(11-14)12-17(20(23)24)13-21-19(22)15(2)25-18-9-4-3-5-10-18/h3-11,15,17H,12-13H2,1-2H3,(H,21,22)(H,23,24). The van der Waals surface area contributed by atoms with Crippen molar-refractivity contribution in [1.82, 2.24) is 5.32 Å². The van der Waals surface area contributed by atoms with Crippen molar-refractivity contribution >= 4 is 11.9 Å². The van der Waals surface area contributed by atoms with Gasteiger partial charge in [0.25, 0.3) is 5.91 Å². The molecule has 2 unspecified atom stereocenters. The van der Waals surface area contributed by atoms with Crippen molar-refractivity contribution in [3.8, 4) is 5.75 Å². The lowest BCUT2D eigenvalue weighted by molar-refractivity contribution is -0.141. The van der Waals surface area contributed by atoms with Crippen molar-refractivity contribution in [3.05, 3.63) is 65.7 Å². The first-order valence-corrected chi connectivity index (χ1v) is 8.23. The summed E-state index contributed by atoms with van der Waals surface area (Å²) in [6.45, 7) is 3.66. The molecule has 2 aromatic carbocycles. The first kappa shape index (κ1) is 18.5. The number of benzene rings is 2. The van der Waals surface area contributed by atoms with Gasteiger partial charge in [-0.1, -0.05) is 48.0 Å². The molecule has 0 aliphatic carbocycles. The van der Waals surface area contributed by atoms with Crippen LogP contribution in [0.15, 0.2) is 54.6 Å². The fourth-order valence-electron chi connectivity index (χ4n) is 2.49. The van der Waals surface area contributed by atoms with E-state index >= 15 is 0 Å². The third-order valence-electron chi connectivity index (χ3n) is 3.86. The van der Waals surface area contributed by atoms with E-state index in [1.807, 2.05) is 49.4 Å². The number of carbonyl (C=O) groups is 2. The Bertz CT molecular complexity index is 715. The van der Waals surface area contributed by atoms with Gasteiger partial charge in [-0.05, 0) is 38.0 Å². The molecule has 1 amide bonds. The topological polar surface area (TPSA) is 75.6 Å². The Labute approximate surface area is 147 Å².